The van der Waals surface area contributed by atoms with E-state index in [0.29, 0.717) is 24.8 Å². The number of benzene rings is 1. The fourth-order valence-electron chi connectivity index (χ4n) is 3.06. The van der Waals surface area contributed by atoms with Crippen LogP contribution in [0.4, 0.5) is 4.39 Å². The number of rotatable bonds is 6. The Morgan fingerprint density at radius 2 is 1.96 bits per heavy atom. The fourth-order valence-corrected chi connectivity index (χ4v) is 3.06. The molecule has 1 saturated heterocycles. The van der Waals surface area contributed by atoms with E-state index in [1.54, 1.807) is 6.82 Å². The average molecular weight is 321 g/mol. The summed E-state index contributed by atoms with van der Waals surface area (Å²) in [6.07, 6.45) is 2.01. The van der Waals surface area contributed by atoms with Gasteiger partial charge in [-0.15, -0.1) is 0 Å². The monoisotopic (exact) mass is 321 g/mol. The lowest BCUT2D eigenvalue weighted by Crippen LogP contribution is -2.29. The molecule has 2 N–H and O–H groups in total. The van der Waals surface area contributed by atoms with Gasteiger partial charge in [-0.2, -0.15) is 0 Å². The summed E-state index contributed by atoms with van der Waals surface area (Å²) < 4.78 is 12.9. The maximum atomic E-state index is 12.9. The molecule has 2 atom stereocenters. The van der Waals surface area contributed by atoms with Crippen molar-refractivity contribution in [3.8, 4) is 0 Å². The van der Waals surface area contributed by atoms with Crippen LogP contribution in [0.15, 0.2) is 24.3 Å². The van der Waals surface area contributed by atoms with Gasteiger partial charge in [0.1, 0.15) is 5.82 Å². The first-order valence-corrected chi connectivity index (χ1v) is 7.84. The van der Waals surface area contributed by atoms with Gasteiger partial charge in [0.2, 0.25) is 0 Å². The van der Waals surface area contributed by atoms with E-state index in [-0.39, 0.29) is 18.4 Å². The van der Waals surface area contributed by atoms with Crippen LogP contribution in [-0.2, 0) is 4.79 Å². The van der Waals surface area contributed by atoms with Crippen LogP contribution in [0.1, 0.15) is 23.2 Å². The largest absolute Gasteiger partial charge is 0.481 e. The number of hydrogen-bond acceptors (Lipinski definition) is 3. The molecule has 1 fully saturated rings. The Morgan fingerprint density at radius 1 is 1.30 bits per heavy atom. The number of carboxylic acids is 1. The van der Waals surface area contributed by atoms with E-state index in [0.717, 1.165) is 6.42 Å². The topological polar surface area (TPSA) is 77.8 Å². The molecule has 1 amide bonds. The van der Waals surface area contributed by atoms with Crippen molar-refractivity contribution in [3.05, 3.63) is 35.6 Å². The maximum Gasteiger partial charge on any atom is 0.308 e. The van der Waals surface area contributed by atoms with Crippen molar-refractivity contribution in [3.63, 3.8) is 0 Å². The van der Waals surface area contributed by atoms with Crippen LogP contribution in [0.2, 0.25) is 13.1 Å². The second kappa shape index (κ2) is 7.59. The van der Waals surface area contributed by atoms with Gasteiger partial charge in [-0.05, 0) is 42.9 Å². The van der Waals surface area contributed by atoms with E-state index in [4.69, 9.17) is 0 Å². The second-order valence-corrected chi connectivity index (χ2v) is 6.20. The van der Waals surface area contributed by atoms with Gasteiger partial charge in [0.05, 0.1) is 5.92 Å². The molecule has 2 unspecified atom stereocenters. The molecule has 1 aliphatic heterocycles. The third kappa shape index (κ3) is 4.54. The zero-order chi connectivity index (χ0) is 17.0. The summed E-state index contributed by atoms with van der Waals surface area (Å²) in [6, 6.07) is 5.26. The molecule has 23 heavy (non-hydrogen) atoms. The van der Waals surface area contributed by atoms with Gasteiger partial charge in [-0.3, -0.25) is 9.59 Å². The predicted molar refractivity (Wildman–Crippen MR) is 84.8 cm³/mol. The number of carbonyl (C=O) groups is 2. The number of carbonyl (C=O) groups excluding carboxylic acids is 1. The summed E-state index contributed by atoms with van der Waals surface area (Å²) in [5, 5.41) is 18.7. The summed E-state index contributed by atoms with van der Waals surface area (Å²) in [4.78, 5) is 25.4. The zero-order valence-electron chi connectivity index (χ0n) is 13.1. The SMILES string of the molecule is CB(O)CCCC1CN(C(=O)c2ccc(F)cc2)CC1C(=O)O. The van der Waals surface area contributed by atoms with Crippen LogP contribution in [0.25, 0.3) is 0 Å². The lowest BCUT2D eigenvalue weighted by Gasteiger charge is -2.16. The Labute approximate surface area is 135 Å². The Balaban J connectivity index is 2.02. The van der Waals surface area contributed by atoms with Crippen molar-refractivity contribution in [2.75, 3.05) is 13.1 Å². The molecule has 0 spiro atoms. The summed E-state index contributed by atoms with van der Waals surface area (Å²) in [6.45, 7) is 1.85. The number of hydrogen-bond donors (Lipinski definition) is 2. The molecule has 1 aromatic carbocycles. The molecule has 2 rings (SSSR count). The van der Waals surface area contributed by atoms with Gasteiger partial charge >= 0.3 is 5.97 Å². The fraction of sp³-hybridized carbons (Fsp3) is 0.500. The quantitative estimate of drug-likeness (QED) is 0.786. The maximum absolute atomic E-state index is 12.9. The lowest BCUT2D eigenvalue weighted by molar-refractivity contribution is -0.142. The highest BCUT2D eigenvalue weighted by atomic mass is 19.1. The van der Waals surface area contributed by atoms with E-state index < -0.39 is 24.6 Å². The van der Waals surface area contributed by atoms with Gasteiger partial charge in [-0.25, -0.2) is 4.39 Å². The molecule has 1 aromatic rings. The first-order chi connectivity index (χ1) is 10.9. The van der Waals surface area contributed by atoms with Gasteiger partial charge in [-0.1, -0.05) is 13.2 Å². The number of amides is 1. The minimum Gasteiger partial charge on any atom is -0.481 e. The van der Waals surface area contributed by atoms with Crippen molar-refractivity contribution in [1.29, 1.82) is 0 Å². The van der Waals surface area contributed by atoms with E-state index in [1.807, 2.05) is 0 Å². The molecule has 7 heteroatoms. The molecule has 1 heterocycles. The minimum atomic E-state index is -0.901. The molecular formula is C16H21BFNO4. The lowest BCUT2D eigenvalue weighted by atomic mass is 9.66. The number of likely N-dealkylation sites (tertiary alicyclic amines) is 1. The molecule has 0 aliphatic carbocycles. The van der Waals surface area contributed by atoms with Crippen LogP contribution < -0.4 is 0 Å². The van der Waals surface area contributed by atoms with Crippen LogP contribution >= 0.6 is 0 Å². The molecule has 0 saturated carbocycles. The first-order valence-electron chi connectivity index (χ1n) is 7.84. The third-order valence-corrected chi connectivity index (χ3v) is 4.33. The molecule has 5 nitrogen and oxygen atoms in total. The van der Waals surface area contributed by atoms with Crippen LogP contribution in [0.5, 0.6) is 0 Å². The Hall–Kier alpha value is -1.89. The molecule has 0 aromatic heterocycles. The van der Waals surface area contributed by atoms with Crippen molar-refractivity contribution >= 4 is 18.8 Å². The van der Waals surface area contributed by atoms with Crippen molar-refractivity contribution < 1.29 is 24.1 Å². The van der Waals surface area contributed by atoms with Gasteiger partial charge < -0.3 is 15.0 Å². The highest BCUT2D eigenvalue weighted by Gasteiger charge is 2.39. The van der Waals surface area contributed by atoms with Crippen LogP contribution in [-0.4, -0.2) is 46.9 Å². The Morgan fingerprint density at radius 3 is 2.52 bits per heavy atom. The van der Waals surface area contributed by atoms with Gasteiger partial charge in [0, 0.05) is 18.7 Å². The standard InChI is InChI=1S/C16H21BFNO4/c1-17(23)8-2-3-12-9-19(10-14(12)16(21)22)15(20)11-4-6-13(18)7-5-11/h4-7,12,14,23H,2-3,8-10H2,1H3,(H,21,22). The molecule has 124 valence electrons. The Bertz CT molecular complexity index is 564. The second-order valence-electron chi connectivity index (χ2n) is 6.20. The Kier molecular flexibility index (Phi) is 5.77. The molecule has 1 aliphatic rings. The minimum absolute atomic E-state index is 0.115. The first kappa shape index (κ1) is 17.5. The number of halogens is 1. The number of aliphatic carboxylic acids is 1. The highest BCUT2D eigenvalue weighted by molar-refractivity contribution is 6.48. The van der Waals surface area contributed by atoms with Gasteiger partial charge in [0.25, 0.3) is 12.8 Å². The molecule has 0 bridgehead atoms. The van der Waals surface area contributed by atoms with Crippen LogP contribution in [0.3, 0.4) is 0 Å². The van der Waals surface area contributed by atoms with Crippen LogP contribution in [0, 0.1) is 17.7 Å². The molecular weight excluding hydrogens is 300 g/mol. The van der Waals surface area contributed by atoms with Crippen molar-refractivity contribution in [1.82, 2.24) is 4.90 Å². The smallest absolute Gasteiger partial charge is 0.308 e. The summed E-state index contributed by atoms with van der Waals surface area (Å²) in [5.41, 5.74) is 0.361. The number of carboxylic acid groups (broad SMARTS) is 1. The summed E-state index contributed by atoms with van der Waals surface area (Å²) in [7, 11) is 0. The van der Waals surface area contributed by atoms with Gasteiger partial charge in [0.15, 0.2) is 0 Å². The summed E-state index contributed by atoms with van der Waals surface area (Å²) in [5.74, 6) is -2.29. The summed E-state index contributed by atoms with van der Waals surface area (Å²) >= 11 is 0. The predicted octanol–water partition coefficient (Wildman–Crippen LogP) is 1.99. The van der Waals surface area contributed by atoms with E-state index in [9.17, 15) is 24.1 Å². The average Bonchev–Trinajstić information content (AvgIpc) is 2.91. The normalized spacial score (nSPS) is 20.6. The third-order valence-electron chi connectivity index (χ3n) is 4.33. The number of nitrogens with zero attached hydrogens (tertiary/aromatic N) is 1. The highest BCUT2D eigenvalue weighted by Crippen LogP contribution is 2.29. The van der Waals surface area contributed by atoms with Crippen molar-refractivity contribution in [2.24, 2.45) is 11.8 Å². The van der Waals surface area contributed by atoms with E-state index in [2.05, 4.69) is 0 Å². The van der Waals surface area contributed by atoms with E-state index >= 15 is 0 Å². The van der Waals surface area contributed by atoms with Crippen molar-refractivity contribution in [2.45, 2.75) is 26.0 Å². The van der Waals surface area contributed by atoms with E-state index in [1.165, 1.54) is 29.2 Å². The molecule has 0 radical (unpaired) electrons. The zero-order valence-corrected chi connectivity index (χ0v) is 13.1.